The van der Waals surface area contributed by atoms with E-state index < -0.39 is 0 Å². The molecule has 1 aromatic heterocycles. The number of hydrogen-bond acceptors (Lipinski definition) is 4. The van der Waals surface area contributed by atoms with Crippen LogP contribution >= 0.6 is 0 Å². The first-order chi connectivity index (χ1) is 13.0. The molecule has 5 heteroatoms. The van der Waals surface area contributed by atoms with Crippen LogP contribution in [0.2, 0.25) is 0 Å². The summed E-state index contributed by atoms with van der Waals surface area (Å²) >= 11 is 0. The number of piperazine rings is 1. The molecule has 1 aliphatic heterocycles. The molecule has 5 nitrogen and oxygen atoms in total. The van der Waals surface area contributed by atoms with Crippen LogP contribution in [0.3, 0.4) is 0 Å². The van der Waals surface area contributed by atoms with E-state index in [0.29, 0.717) is 6.42 Å². The maximum absolute atomic E-state index is 12.6. The second-order valence-corrected chi connectivity index (χ2v) is 7.47. The van der Waals surface area contributed by atoms with Gasteiger partial charge < -0.3 is 14.7 Å². The number of carbonyl (C=O) groups excluding carboxylic acids is 1. The first-order valence-electron chi connectivity index (χ1n) is 9.71. The summed E-state index contributed by atoms with van der Waals surface area (Å²) in [6, 6.07) is 12.5. The van der Waals surface area contributed by atoms with Crippen LogP contribution < -0.4 is 4.90 Å². The van der Waals surface area contributed by atoms with E-state index in [0.717, 1.165) is 45.1 Å². The number of aromatic nitrogens is 1. The van der Waals surface area contributed by atoms with Crippen molar-refractivity contribution < 1.29 is 4.79 Å². The molecule has 0 aliphatic carbocycles. The van der Waals surface area contributed by atoms with Crippen LogP contribution in [-0.2, 0) is 11.3 Å². The zero-order valence-corrected chi connectivity index (χ0v) is 16.7. The van der Waals surface area contributed by atoms with E-state index in [1.54, 1.807) is 0 Å². The third kappa shape index (κ3) is 5.30. The molecule has 0 atom stereocenters. The maximum Gasteiger partial charge on any atom is 0.223 e. The largest absolute Gasteiger partial charge is 0.353 e. The zero-order valence-electron chi connectivity index (χ0n) is 16.7. The minimum absolute atomic E-state index is 0.253. The first-order valence-corrected chi connectivity index (χ1v) is 9.71. The number of anilines is 1. The van der Waals surface area contributed by atoms with Crippen LogP contribution in [-0.4, -0.2) is 60.5 Å². The third-order valence-electron chi connectivity index (χ3n) is 5.25. The smallest absolute Gasteiger partial charge is 0.223 e. The minimum Gasteiger partial charge on any atom is -0.353 e. The molecule has 0 spiro atoms. The molecule has 2 aromatic rings. The molecule has 1 fully saturated rings. The Hall–Kier alpha value is -2.40. The molecule has 1 aromatic carbocycles. The summed E-state index contributed by atoms with van der Waals surface area (Å²) < 4.78 is 0. The van der Waals surface area contributed by atoms with Crippen molar-refractivity contribution in [3.8, 4) is 0 Å². The fourth-order valence-electron chi connectivity index (χ4n) is 3.56. The van der Waals surface area contributed by atoms with E-state index in [2.05, 4.69) is 53.9 Å². The van der Waals surface area contributed by atoms with Gasteiger partial charge in [-0.2, -0.15) is 0 Å². The van der Waals surface area contributed by atoms with Crippen LogP contribution in [0.15, 0.2) is 42.6 Å². The Morgan fingerprint density at radius 1 is 1.11 bits per heavy atom. The van der Waals surface area contributed by atoms with Crippen LogP contribution in [0.1, 0.15) is 23.1 Å². The Bertz CT molecular complexity index is 754. The van der Waals surface area contributed by atoms with Gasteiger partial charge >= 0.3 is 0 Å². The molecular weight excluding hydrogens is 336 g/mol. The van der Waals surface area contributed by atoms with Gasteiger partial charge in [-0.25, -0.2) is 4.98 Å². The van der Waals surface area contributed by atoms with Crippen molar-refractivity contribution in [3.63, 3.8) is 0 Å². The van der Waals surface area contributed by atoms with Crippen molar-refractivity contribution in [3.05, 3.63) is 59.3 Å². The van der Waals surface area contributed by atoms with Crippen molar-refractivity contribution in [2.45, 2.75) is 26.8 Å². The highest BCUT2D eigenvalue weighted by atomic mass is 16.2. The minimum atomic E-state index is 0.253. The molecule has 3 rings (SSSR count). The average molecular weight is 367 g/mol. The van der Waals surface area contributed by atoms with Gasteiger partial charge in [-0.3, -0.25) is 4.79 Å². The van der Waals surface area contributed by atoms with Crippen LogP contribution in [0.4, 0.5) is 5.82 Å². The standard InChI is InChI=1S/C22H30N4O/c1-18-7-8-20(19(2)16-18)17-24(3)11-9-22(27)26-14-12-25(13-15-26)21-6-4-5-10-23-21/h4-8,10,16H,9,11-15,17H2,1-3H3. The van der Waals surface area contributed by atoms with E-state index in [9.17, 15) is 4.79 Å². The van der Waals surface area contributed by atoms with E-state index in [4.69, 9.17) is 0 Å². The van der Waals surface area contributed by atoms with Gasteiger partial charge in [-0.1, -0.05) is 29.8 Å². The third-order valence-corrected chi connectivity index (χ3v) is 5.25. The highest BCUT2D eigenvalue weighted by molar-refractivity contribution is 5.76. The quantitative estimate of drug-likeness (QED) is 0.788. The van der Waals surface area contributed by atoms with E-state index in [1.807, 2.05) is 29.3 Å². The Morgan fingerprint density at radius 3 is 2.56 bits per heavy atom. The zero-order chi connectivity index (χ0) is 19.2. The molecular formula is C22H30N4O. The van der Waals surface area contributed by atoms with E-state index in [1.165, 1.54) is 16.7 Å². The Labute approximate surface area is 162 Å². The van der Waals surface area contributed by atoms with Gasteiger partial charge in [0, 0.05) is 51.9 Å². The predicted octanol–water partition coefficient (Wildman–Crippen LogP) is 2.87. The van der Waals surface area contributed by atoms with Crippen LogP contribution in [0.25, 0.3) is 0 Å². The summed E-state index contributed by atoms with van der Waals surface area (Å²) in [7, 11) is 2.09. The average Bonchev–Trinajstić information content (AvgIpc) is 2.69. The lowest BCUT2D eigenvalue weighted by Crippen LogP contribution is -2.49. The molecule has 0 unspecified atom stereocenters. The number of carbonyl (C=O) groups is 1. The highest BCUT2D eigenvalue weighted by Crippen LogP contribution is 2.14. The normalized spacial score (nSPS) is 14.7. The topological polar surface area (TPSA) is 39.7 Å². The summed E-state index contributed by atoms with van der Waals surface area (Å²) in [4.78, 5) is 23.4. The molecule has 0 radical (unpaired) electrons. The van der Waals surface area contributed by atoms with E-state index >= 15 is 0 Å². The van der Waals surface area contributed by atoms with Gasteiger partial charge in [0.15, 0.2) is 0 Å². The van der Waals surface area contributed by atoms with Crippen LogP contribution in [0.5, 0.6) is 0 Å². The van der Waals surface area contributed by atoms with Gasteiger partial charge in [-0.05, 0) is 44.2 Å². The molecule has 0 N–H and O–H groups in total. The Balaban J connectivity index is 1.43. The van der Waals surface area contributed by atoms with E-state index in [-0.39, 0.29) is 5.91 Å². The monoisotopic (exact) mass is 366 g/mol. The van der Waals surface area contributed by atoms with Crippen molar-refractivity contribution in [2.75, 3.05) is 44.7 Å². The molecule has 2 heterocycles. The van der Waals surface area contributed by atoms with Crippen LogP contribution in [0, 0.1) is 13.8 Å². The number of rotatable bonds is 6. The number of aryl methyl sites for hydroxylation is 2. The number of nitrogens with zero attached hydrogens (tertiary/aromatic N) is 4. The molecule has 1 amide bonds. The van der Waals surface area contributed by atoms with Gasteiger partial charge in [0.25, 0.3) is 0 Å². The SMILES string of the molecule is Cc1ccc(CN(C)CCC(=O)N2CCN(c3ccccn3)CC2)c(C)c1. The lowest BCUT2D eigenvalue weighted by atomic mass is 10.1. The lowest BCUT2D eigenvalue weighted by Gasteiger charge is -2.35. The summed E-state index contributed by atoms with van der Waals surface area (Å²) in [5.74, 6) is 1.25. The number of pyridine rings is 1. The fourth-order valence-corrected chi connectivity index (χ4v) is 3.56. The number of benzene rings is 1. The van der Waals surface area contributed by atoms with Crippen molar-refractivity contribution in [1.82, 2.24) is 14.8 Å². The van der Waals surface area contributed by atoms with Crippen molar-refractivity contribution in [1.29, 1.82) is 0 Å². The predicted molar refractivity (Wildman–Crippen MR) is 110 cm³/mol. The summed E-state index contributed by atoms with van der Waals surface area (Å²) in [5, 5.41) is 0. The number of hydrogen-bond donors (Lipinski definition) is 0. The molecule has 0 saturated carbocycles. The first kappa shape index (κ1) is 19.4. The van der Waals surface area contributed by atoms with Gasteiger partial charge in [0.05, 0.1) is 0 Å². The second kappa shape index (κ2) is 9.00. The second-order valence-electron chi connectivity index (χ2n) is 7.47. The fraction of sp³-hybridized carbons (Fsp3) is 0.455. The molecule has 0 bridgehead atoms. The van der Waals surface area contributed by atoms with Gasteiger partial charge in [-0.15, -0.1) is 0 Å². The Morgan fingerprint density at radius 2 is 1.89 bits per heavy atom. The molecule has 144 valence electrons. The molecule has 27 heavy (non-hydrogen) atoms. The Kier molecular flexibility index (Phi) is 6.45. The maximum atomic E-state index is 12.6. The summed E-state index contributed by atoms with van der Waals surface area (Å²) in [5.41, 5.74) is 3.94. The van der Waals surface area contributed by atoms with Gasteiger partial charge in [0.1, 0.15) is 5.82 Å². The molecule has 1 saturated heterocycles. The van der Waals surface area contributed by atoms with Crippen molar-refractivity contribution >= 4 is 11.7 Å². The van der Waals surface area contributed by atoms with Crippen molar-refractivity contribution in [2.24, 2.45) is 0 Å². The van der Waals surface area contributed by atoms with Gasteiger partial charge in [0.2, 0.25) is 5.91 Å². The molecule has 1 aliphatic rings. The lowest BCUT2D eigenvalue weighted by molar-refractivity contribution is -0.131. The summed E-state index contributed by atoms with van der Waals surface area (Å²) in [6.07, 6.45) is 2.39. The summed E-state index contributed by atoms with van der Waals surface area (Å²) in [6.45, 7) is 9.18. The highest BCUT2D eigenvalue weighted by Gasteiger charge is 2.21. The number of amides is 1.